The zero-order valence-corrected chi connectivity index (χ0v) is 12.7. The van der Waals surface area contributed by atoms with Crippen LogP contribution in [-0.4, -0.2) is 25.6 Å². The lowest BCUT2D eigenvalue weighted by atomic mass is 10.0. The average Bonchev–Trinajstić information content (AvgIpc) is 3.16. The van der Waals surface area contributed by atoms with Crippen molar-refractivity contribution in [2.24, 2.45) is 0 Å². The number of benzene rings is 1. The summed E-state index contributed by atoms with van der Waals surface area (Å²) in [6.07, 6.45) is 4.79. The van der Waals surface area contributed by atoms with Gasteiger partial charge in [0.15, 0.2) is 0 Å². The van der Waals surface area contributed by atoms with Crippen LogP contribution in [0.15, 0.2) is 48.8 Å². The molecule has 22 heavy (non-hydrogen) atoms. The summed E-state index contributed by atoms with van der Waals surface area (Å²) >= 11 is 0. The minimum Gasteiger partial charge on any atom is -0.244 e. The summed E-state index contributed by atoms with van der Waals surface area (Å²) < 4.78 is 2.75. The average molecular weight is 294 g/mol. The molecule has 3 rings (SSSR count). The van der Waals surface area contributed by atoms with Crippen molar-refractivity contribution in [3.63, 3.8) is 0 Å². The Kier molecular flexibility index (Phi) is 3.87. The number of carbonyl (C=O) groups excluding carboxylic acids is 1. The van der Waals surface area contributed by atoms with Crippen LogP contribution in [0.1, 0.15) is 29.4 Å². The van der Waals surface area contributed by atoms with Gasteiger partial charge in [-0.1, -0.05) is 37.3 Å². The SMILES string of the molecule is CCc1c(Cc2ccccc2)nn(C(=O)n2cccn2)c1C. The molecule has 0 aliphatic heterocycles. The Morgan fingerprint density at radius 3 is 2.59 bits per heavy atom. The second-order valence-electron chi connectivity index (χ2n) is 5.17. The number of aromatic nitrogens is 4. The number of rotatable bonds is 3. The molecule has 1 aromatic carbocycles. The van der Waals surface area contributed by atoms with Crippen LogP contribution in [0.25, 0.3) is 0 Å². The minimum atomic E-state index is -0.253. The largest absolute Gasteiger partial charge is 0.369 e. The molecule has 0 spiro atoms. The Labute approximate surface area is 129 Å². The number of carbonyl (C=O) groups is 1. The summed E-state index contributed by atoms with van der Waals surface area (Å²) in [5.41, 5.74) is 4.15. The van der Waals surface area contributed by atoms with Gasteiger partial charge in [0.1, 0.15) is 0 Å². The lowest BCUT2D eigenvalue weighted by Gasteiger charge is -2.02. The molecule has 0 saturated heterocycles. The zero-order chi connectivity index (χ0) is 15.5. The number of hydrogen-bond acceptors (Lipinski definition) is 3. The summed E-state index contributed by atoms with van der Waals surface area (Å²) in [4.78, 5) is 12.5. The van der Waals surface area contributed by atoms with Crippen molar-refractivity contribution in [3.8, 4) is 0 Å². The van der Waals surface area contributed by atoms with Gasteiger partial charge in [0.2, 0.25) is 0 Å². The lowest BCUT2D eigenvalue weighted by molar-refractivity contribution is 0.237. The van der Waals surface area contributed by atoms with E-state index in [4.69, 9.17) is 0 Å². The first-order valence-electron chi connectivity index (χ1n) is 7.36. The highest BCUT2D eigenvalue weighted by molar-refractivity contribution is 5.78. The molecule has 0 atom stereocenters. The quantitative estimate of drug-likeness (QED) is 0.746. The maximum atomic E-state index is 12.5. The van der Waals surface area contributed by atoms with Crippen LogP contribution in [0.2, 0.25) is 0 Å². The van der Waals surface area contributed by atoms with E-state index in [-0.39, 0.29) is 6.03 Å². The summed E-state index contributed by atoms with van der Waals surface area (Å²) in [5, 5.41) is 8.53. The van der Waals surface area contributed by atoms with Crippen molar-refractivity contribution in [3.05, 3.63) is 71.3 Å². The summed E-state index contributed by atoms with van der Waals surface area (Å²) in [6.45, 7) is 4.02. The molecule has 0 N–H and O–H groups in total. The van der Waals surface area contributed by atoms with Crippen LogP contribution in [0.4, 0.5) is 4.79 Å². The van der Waals surface area contributed by atoms with E-state index < -0.39 is 0 Å². The van der Waals surface area contributed by atoms with Crippen molar-refractivity contribution in [2.75, 3.05) is 0 Å². The predicted molar refractivity (Wildman–Crippen MR) is 84.0 cm³/mol. The zero-order valence-electron chi connectivity index (χ0n) is 12.7. The molecule has 112 valence electrons. The van der Waals surface area contributed by atoms with E-state index in [1.54, 1.807) is 18.5 Å². The van der Waals surface area contributed by atoms with E-state index in [1.165, 1.54) is 14.9 Å². The lowest BCUT2D eigenvalue weighted by Crippen LogP contribution is -2.22. The molecule has 5 heteroatoms. The van der Waals surface area contributed by atoms with E-state index in [0.717, 1.165) is 29.8 Å². The first kappa shape index (κ1) is 14.3. The van der Waals surface area contributed by atoms with E-state index in [0.29, 0.717) is 0 Å². The highest BCUT2D eigenvalue weighted by atomic mass is 16.2. The summed E-state index contributed by atoms with van der Waals surface area (Å²) in [7, 11) is 0. The second kappa shape index (κ2) is 5.97. The molecule has 0 unspecified atom stereocenters. The first-order valence-corrected chi connectivity index (χ1v) is 7.36. The third kappa shape index (κ3) is 2.57. The smallest absolute Gasteiger partial charge is 0.244 e. The topological polar surface area (TPSA) is 52.7 Å². The Morgan fingerprint density at radius 2 is 1.95 bits per heavy atom. The molecule has 0 aliphatic rings. The molecule has 0 radical (unpaired) electrons. The fourth-order valence-electron chi connectivity index (χ4n) is 2.65. The van der Waals surface area contributed by atoms with Gasteiger partial charge < -0.3 is 0 Å². The molecule has 3 aromatic rings. The van der Waals surface area contributed by atoms with E-state index >= 15 is 0 Å². The van der Waals surface area contributed by atoms with Gasteiger partial charge in [-0.25, -0.2) is 4.79 Å². The van der Waals surface area contributed by atoms with Crippen LogP contribution >= 0.6 is 0 Å². The molecule has 0 bridgehead atoms. The third-order valence-electron chi connectivity index (χ3n) is 3.77. The van der Waals surface area contributed by atoms with Gasteiger partial charge in [0.05, 0.1) is 5.69 Å². The second-order valence-corrected chi connectivity index (χ2v) is 5.17. The molecule has 2 aromatic heterocycles. The maximum absolute atomic E-state index is 12.5. The normalized spacial score (nSPS) is 10.8. The molecule has 0 aliphatic carbocycles. The van der Waals surface area contributed by atoms with E-state index in [1.807, 2.05) is 25.1 Å². The third-order valence-corrected chi connectivity index (χ3v) is 3.77. The highest BCUT2D eigenvalue weighted by Gasteiger charge is 2.19. The Morgan fingerprint density at radius 1 is 1.18 bits per heavy atom. The van der Waals surface area contributed by atoms with Crippen molar-refractivity contribution < 1.29 is 4.79 Å². The Bertz CT molecular complexity index is 773. The minimum absolute atomic E-state index is 0.253. The van der Waals surface area contributed by atoms with E-state index in [2.05, 4.69) is 29.3 Å². The molecular formula is C17H18N4O. The van der Waals surface area contributed by atoms with Gasteiger partial charge in [-0.05, 0) is 30.5 Å². The van der Waals surface area contributed by atoms with Gasteiger partial charge in [0.25, 0.3) is 0 Å². The fraction of sp³-hybridized carbons (Fsp3) is 0.235. The monoisotopic (exact) mass is 294 g/mol. The summed E-state index contributed by atoms with van der Waals surface area (Å²) in [6, 6.07) is 11.6. The fourth-order valence-corrected chi connectivity index (χ4v) is 2.65. The van der Waals surface area contributed by atoms with Crippen LogP contribution in [0.5, 0.6) is 0 Å². The summed E-state index contributed by atoms with van der Waals surface area (Å²) in [5.74, 6) is 0. The molecule has 0 fully saturated rings. The van der Waals surface area contributed by atoms with Crippen LogP contribution in [0.3, 0.4) is 0 Å². The molecule has 0 saturated carbocycles. The van der Waals surface area contributed by atoms with Crippen LogP contribution < -0.4 is 0 Å². The number of hydrogen-bond donors (Lipinski definition) is 0. The number of nitrogens with zero attached hydrogens (tertiary/aromatic N) is 4. The highest BCUT2D eigenvalue weighted by Crippen LogP contribution is 2.18. The van der Waals surface area contributed by atoms with Crippen molar-refractivity contribution in [2.45, 2.75) is 26.7 Å². The van der Waals surface area contributed by atoms with E-state index in [9.17, 15) is 4.79 Å². The maximum Gasteiger partial charge on any atom is 0.369 e. The Balaban J connectivity index is 1.98. The molecular weight excluding hydrogens is 276 g/mol. The van der Waals surface area contributed by atoms with Gasteiger partial charge in [-0.2, -0.15) is 19.6 Å². The van der Waals surface area contributed by atoms with Crippen molar-refractivity contribution in [1.29, 1.82) is 0 Å². The molecule has 0 amide bonds. The van der Waals surface area contributed by atoms with Gasteiger partial charge in [-0.3, -0.25) is 0 Å². The molecule has 2 heterocycles. The van der Waals surface area contributed by atoms with Crippen molar-refractivity contribution in [1.82, 2.24) is 19.6 Å². The first-order chi connectivity index (χ1) is 10.7. The van der Waals surface area contributed by atoms with Gasteiger partial charge in [-0.15, -0.1) is 0 Å². The van der Waals surface area contributed by atoms with Gasteiger partial charge in [0, 0.05) is 24.5 Å². The molecule has 5 nitrogen and oxygen atoms in total. The van der Waals surface area contributed by atoms with Crippen LogP contribution in [0, 0.1) is 6.92 Å². The van der Waals surface area contributed by atoms with Gasteiger partial charge >= 0.3 is 6.03 Å². The predicted octanol–water partition coefficient (Wildman–Crippen LogP) is 3.06. The van der Waals surface area contributed by atoms with Crippen LogP contribution in [-0.2, 0) is 12.8 Å². The standard InChI is InChI=1S/C17H18N4O/c1-3-15-13(2)21(17(22)20-11-7-10-18-20)19-16(15)12-14-8-5-4-6-9-14/h4-11H,3,12H2,1-2H3. The van der Waals surface area contributed by atoms with Crippen molar-refractivity contribution >= 4 is 6.03 Å². The Hall–Kier alpha value is -2.69.